The molecule has 0 aliphatic heterocycles. The number of hydrogen-bond donors (Lipinski definition) is 2. The summed E-state index contributed by atoms with van der Waals surface area (Å²) in [5.74, 6) is 0.211. The lowest BCUT2D eigenvalue weighted by Gasteiger charge is -2.34. The van der Waals surface area contributed by atoms with Gasteiger partial charge in [-0.15, -0.1) is 38.0 Å². The van der Waals surface area contributed by atoms with Gasteiger partial charge < -0.3 is 11.1 Å². The molecule has 1 amide bonds. The standard InChI is InChI=1S/C20H31N3O.2ClH/c1-6-13-23(14-7-2)18(16(3)4)15-22-19(24)20(5,21)17-11-9-8-10-12-17;;/h6-12,16,18H,1-2,13-15,21H2,3-5H3,(H,22,24);2*1H. The molecule has 0 spiro atoms. The summed E-state index contributed by atoms with van der Waals surface area (Å²) in [7, 11) is 0. The predicted molar refractivity (Wildman–Crippen MR) is 116 cm³/mol. The second-order valence-electron chi connectivity index (χ2n) is 6.62. The minimum atomic E-state index is -1.05. The van der Waals surface area contributed by atoms with Crippen molar-refractivity contribution < 1.29 is 4.79 Å². The van der Waals surface area contributed by atoms with Crippen LogP contribution in [0.3, 0.4) is 0 Å². The van der Waals surface area contributed by atoms with Crippen molar-refractivity contribution in [3.63, 3.8) is 0 Å². The van der Waals surface area contributed by atoms with Gasteiger partial charge in [0.1, 0.15) is 5.54 Å². The first-order chi connectivity index (χ1) is 11.3. The Kier molecular flexibility index (Phi) is 13.4. The van der Waals surface area contributed by atoms with Gasteiger partial charge in [0.2, 0.25) is 5.91 Å². The largest absolute Gasteiger partial charge is 0.353 e. The molecule has 3 N–H and O–H groups in total. The third-order valence-electron chi connectivity index (χ3n) is 4.28. The fraction of sp³-hybridized carbons (Fsp3) is 0.450. The van der Waals surface area contributed by atoms with E-state index in [1.807, 2.05) is 42.5 Å². The average Bonchev–Trinajstić information content (AvgIpc) is 2.55. The number of benzene rings is 1. The summed E-state index contributed by atoms with van der Waals surface area (Å²) in [5, 5.41) is 3.03. The summed E-state index contributed by atoms with van der Waals surface area (Å²) in [6, 6.07) is 9.63. The van der Waals surface area contributed by atoms with Gasteiger partial charge in [-0.25, -0.2) is 0 Å². The van der Waals surface area contributed by atoms with Crippen LogP contribution in [0.25, 0.3) is 0 Å². The Hall–Kier alpha value is -1.33. The zero-order valence-corrected chi connectivity index (χ0v) is 17.6. The first-order valence-electron chi connectivity index (χ1n) is 8.43. The molecule has 1 aromatic carbocycles. The summed E-state index contributed by atoms with van der Waals surface area (Å²) in [5.41, 5.74) is 6.03. The van der Waals surface area contributed by atoms with Crippen LogP contribution < -0.4 is 11.1 Å². The van der Waals surface area contributed by atoms with Gasteiger partial charge in [-0.3, -0.25) is 9.69 Å². The topological polar surface area (TPSA) is 58.4 Å². The lowest BCUT2D eigenvalue weighted by molar-refractivity contribution is -0.126. The van der Waals surface area contributed by atoms with Crippen molar-refractivity contribution in [2.45, 2.75) is 32.4 Å². The lowest BCUT2D eigenvalue weighted by atomic mass is 9.92. The number of nitrogens with one attached hydrogen (secondary N) is 1. The van der Waals surface area contributed by atoms with Crippen LogP contribution in [-0.4, -0.2) is 36.5 Å². The van der Waals surface area contributed by atoms with Crippen molar-refractivity contribution in [2.24, 2.45) is 11.7 Å². The van der Waals surface area contributed by atoms with E-state index in [2.05, 4.69) is 37.2 Å². The highest BCUT2D eigenvalue weighted by atomic mass is 35.5. The van der Waals surface area contributed by atoms with E-state index in [4.69, 9.17) is 5.73 Å². The van der Waals surface area contributed by atoms with E-state index in [0.717, 1.165) is 18.7 Å². The van der Waals surface area contributed by atoms with Gasteiger partial charge in [-0.1, -0.05) is 56.3 Å². The Morgan fingerprint density at radius 3 is 2.12 bits per heavy atom. The Bertz CT molecular complexity index is 537. The molecule has 0 saturated heterocycles. The smallest absolute Gasteiger partial charge is 0.244 e. The number of amides is 1. The Labute approximate surface area is 170 Å². The Morgan fingerprint density at radius 1 is 1.19 bits per heavy atom. The first kappa shape index (κ1) is 26.9. The lowest BCUT2D eigenvalue weighted by Crippen LogP contribution is -2.53. The van der Waals surface area contributed by atoms with E-state index in [1.54, 1.807) is 6.92 Å². The highest BCUT2D eigenvalue weighted by molar-refractivity contribution is 5.87. The third kappa shape index (κ3) is 7.50. The maximum absolute atomic E-state index is 12.6. The van der Waals surface area contributed by atoms with Crippen molar-refractivity contribution in [3.05, 3.63) is 61.2 Å². The zero-order valence-electron chi connectivity index (χ0n) is 16.0. The van der Waals surface area contributed by atoms with Crippen LogP contribution in [-0.2, 0) is 10.3 Å². The number of carbonyl (C=O) groups is 1. The summed E-state index contributed by atoms with van der Waals surface area (Å²) in [4.78, 5) is 14.9. The molecule has 1 aromatic rings. The number of nitrogens with two attached hydrogens (primary N) is 1. The van der Waals surface area contributed by atoms with Gasteiger partial charge in [0.15, 0.2) is 0 Å². The fourth-order valence-electron chi connectivity index (χ4n) is 2.76. The molecule has 4 nitrogen and oxygen atoms in total. The van der Waals surface area contributed by atoms with Crippen LogP contribution in [0.2, 0.25) is 0 Å². The van der Waals surface area contributed by atoms with Crippen molar-refractivity contribution in [1.82, 2.24) is 10.2 Å². The van der Waals surface area contributed by atoms with Crippen molar-refractivity contribution in [1.29, 1.82) is 0 Å². The summed E-state index contributed by atoms with van der Waals surface area (Å²) in [6.07, 6.45) is 3.75. The monoisotopic (exact) mass is 401 g/mol. The molecule has 1 rings (SSSR count). The van der Waals surface area contributed by atoms with Crippen molar-refractivity contribution >= 4 is 30.7 Å². The summed E-state index contributed by atoms with van der Waals surface area (Å²) >= 11 is 0. The van der Waals surface area contributed by atoms with Crippen LogP contribution in [0.4, 0.5) is 0 Å². The van der Waals surface area contributed by atoms with Crippen LogP contribution in [0, 0.1) is 5.92 Å². The van der Waals surface area contributed by atoms with Crippen LogP contribution >= 0.6 is 24.8 Å². The molecular formula is C20H33Cl2N3O. The number of nitrogens with zero attached hydrogens (tertiary/aromatic N) is 1. The summed E-state index contributed by atoms with van der Waals surface area (Å²) < 4.78 is 0. The molecule has 6 heteroatoms. The van der Waals surface area contributed by atoms with E-state index in [1.165, 1.54) is 0 Å². The predicted octanol–water partition coefficient (Wildman–Crippen LogP) is 3.52. The minimum absolute atomic E-state index is 0. The number of hydrogen-bond acceptors (Lipinski definition) is 3. The highest BCUT2D eigenvalue weighted by Gasteiger charge is 2.31. The Morgan fingerprint density at radius 2 is 1.69 bits per heavy atom. The maximum Gasteiger partial charge on any atom is 0.244 e. The van der Waals surface area contributed by atoms with Crippen LogP contribution in [0.5, 0.6) is 0 Å². The summed E-state index contributed by atoms with van der Waals surface area (Å²) in [6.45, 7) is 15.7. The van der Waals surface area contributed by atoms with Gasteiger partial charge in [0.05, 0.1) is 0 Å². The van der Waals surface area contributed by atoms with Crippen molar-refractivity contribution in [3.8, 4) is 0 Å². The quantitative estimate of drug-likeness (QED) is 0.589. The van der Waals surface area contributed by atoms with Crippen LogP contribution in [0.15, 0.2) is 55.6 Å². The Balaban J connectivity index is 0. The molecule has 0 aliphatic rings. The number of halogens is 2. The second-order valence-corrected chi connectivity index (χ2v) is 6.62. The normalized spacial score (nSPS) is 13.8. The second kappa shape index (κ2) is 12.9. The zero-order chi connectivity index (χ0) is 18.2. The molecule has 0 fully saturated rings. The van der Waals surface area contributed by atoms with Crippen LogP contribution in [0.1, 0.15) is 26.3 Å². The molecule has 0 heterocycles. The highest BCUT2D eigenvalue weighted by Crippen LogP contribution is 2.18. The van der Waals surface area contributed by atoms with Gasteiger partial charge in [-0.2, -0.15) is 0 Å². The van der Waals surface area contributed by atoms with E-state index in [-0.39, 0.29) is 36.8 Å². The molecule has 26 heavy (non-hydrogen) atoms. The first-order valence-corrected chi connectivity index (χ1v) is 8.43. The van der Waals surface area contributed by atoms with Gasteiger partial charge in [0, 0.05) is 25.7 Å². The molecule has 2 atom stereocenters. The van der Waals surface area contributed by atoms with Gasteiger partial charge in [-0.05, 0) is 18.4 Å². The van der Waals surface area contributed by atoms with E-state index < -0.39 is 5.54 Å². The molecule has 2 unspecified atom stereocenters. The molecule has 0 bridgehead atoms. The molecular weight excluding hydrogens is 369 g/mol. The SMILES string of the molecule is C=CCN(CC=C)C(CNC(=O)C(C)(N)c1ccccc1)C(C)C.Cl.Cl. The minimum Gasteiger partial charge on any atom is -0.353 e. The number of carbonyl (C=O) groups excluding carboxylic acids is 1. The molecule has 0 radical (unpaired) electrons. The van der Waals surface area contributed by atoms with E-state index in [9.17, 15) is 4.79 Å². The van der Waals surface area contributed by atoms with Crippen molar-refractivity contribution in [2.75, 3.05) is 19.6 Å². The number of rotatable bonds is 10. The van der Waals surface area contributed by atoms with Gasteiger partial charge in [0.25, 0.3) is 0 Å². The van der Waals surface area contributed by atoms with E-state index in [0.29, 0.717) is 12.5 Å². The molecule has 0 saturated carbocycles. The maximum atomic E-state index is 12.6. The van der Waals surface area contributed by atoms with E-state index >= 15 is 0 Å². The molecule has 0 aliphatic carbocycles. The third-order valence-corrected chi connectivity index (χ3v) is 4.28. The average molecular weight is 402 g/mol. The molecule has 148 valence electrons. The van der Waals surface area contributed by atoms with Gasteiger partial charge >= 0.3 is 0 Å². The molecule has 0 aromatic heterocycles. The fourth-order valence-corrected chi connectivity index (χ4v) is 2.76.